The number of rotatable bonds is 3. The number of carbonyl (C=O) groups excluding carboxylic acids is 1. The average Bonchev–Trinajstić information content (AvgIpc) is 2.97. The number of nitrogens with zero attached hydrogens (tertiary/aromatic N) is 5. The summed E-state index contributed by atoms with van der Waals surface area (Å²) in [5.41, 5.74) is 0.931. The molecule has 2 bridgehead atoms. The first-order valence-corrected chi connectivity index (χ1v) is 7.10. The number of carbonyl (C=O) groups is 1. The first-order chi connectivity index (χ1) is 9.87. The number of hydrogen-bond donors (Lipinski definition) is 0. The monoisotopic (exact) mass is 333 g/mol. The van der Waals surface area contributed by atoms with Crippen LogP contribution in [0.25, 0.3) is 5.70 Å². The third-order valence-corrected chi connectivity index (χ3v) is 3.43. The summed E-state index contributed by atoms with van der Waals surface area (Å²) >= 11 is 0. The van der Waals surface area contributed by atoms with E-state index in [9.17, 15) is 17.8 Å². The molecule has 0 spiro atoms. The van der Waals surface area contributed by atoms with Crippen LogP contribution in [0.1, 0.15) is 5.56 Å². The van der Waals surface area contributed by atoms with Crippen LogP contribution in [0.15, 0.2) is 18.5 Å². The van der Waals surface area contributed by atoms with Crippen molar-refractivity contribution >= 4 is 22.1 Å². The van der Waals surface area contributed by atoms with E-state index in [1.807, 2.05) is 6.07 Å². The summed E-state index contributed by atoms with van der Waals surface area (Å²) < 4.78 is 37.5. The van der Waals surface area contributed by atoms with Gasteiger partial charge in [0.05, 0.1) is 24.0 Å². The summed E-state index contributed by atoms with van der Waals surface area (Å²) in [5, 5.41) is 13.3. The van der Waals surface area contributed by atoms with Gasteiger partial charge in [-0.2, -0.15) is 19.7 Å². The Bertz CT molecular complexity index is 782. The van der Waals surface area contributed by atoms with Gasteiger partial charge in [0.2, 0.25) is 10.4 Å². The molecule has 2 amide bonds. The van der Waals surface area contributed by atoms with Gasteiger partial charge in [-0.15, -0.1) is 0 Å². The van der Waals surface area contributed by atoms with Gasteiger partial charge in [0, 0.05) is 12.7 Å². The van der Waals surface area contributed by atoms with E-state index in [0.717, 1.165) is 0 Å². The molecule has 1 unspecified atom stereocenters. The van der Waals surface area contributed by atoms with E-state index >= 15 is 0 Å². The Kier molecular flexibility index (Phi) is 4.62. The smallest absolute Gasteiger partial charge is 0.724 e. The zero-order valence-corrected chi connectivity index (χ0v) is 14.2. The molecule has 2 aliphatic rings. The molecule has 1 saturated heterocycles. The number of nitriles is 1. The van der Waals surface area contributed by atoms with E-state index in [2.05, 4.69) is 9.38 Å². The van der Waals surface area contributed by atoms with Crippen LogP contribution in [-0.2, 0) is 14.7 Å². The van der Waals surface area contributed by atoms with Crippen LogP contribution in [-0.4, -0.2) is 57.9 Å². The van der Waals surface area contributed by atoms with Gasteiger partial charge in [-0.05, 0) is 6.08 Å². The fourth-order valence-electron chi connectivity index (χ4n) is 2.25. The van der Waals surface area contributed by atoms with Crippen molar-refractivity contribution < 1.29 is 51.6 Å². The van der Waals surface area contributed by atoms with E-state index in [0.29, 0.717) is 16.3 Å². The van der Waals surface area contributed by atoms with Crippen molar-refractivity contribution in [1.82, 2.24) is 19.7 Å². The molecule has 0 N–H and O–H groups in total. The second-order valence-corrected chi connectivity index (χ2v) is 5.45. The zero-order chi connectivity index (χ0) is 15.2. The molecule has 0 aromatic carbocycles. The Labute approximate surface area is 147 Å². The van der Waals surface area contributed by atoms with Crippen molar-refractivity contribution in [3.05, 3.63) is 24.0 Å². The molecule has 1 aromatic rings. The van der Waals surface area contributed by atoms with E-state index in [4.69, 9.17) is 5.26 Å². The minimum Gasteiger partial charge on any atom is -0.724 e. The van der Waals surface area contributed by atoms with E-state index in [1.165, 1.54) is 22.0 Å². The van der Waals surface area contributed by atoms with Gasteiger partial charge in [-0.1, -0.05) is 0 Å². The Balaban J connectivity index is 0.00000176. The standard InChI is InChI=1S/C10H9N5O5S.Na/c11-2-7-3-12-14(4-7)8-1-9-6-13(5-8)10(16)15(9)20-21(17,18)19;/h1,3-4,9H,5-6H2,(H,17,18,19);/q;+1/p-1. The van der Waals surface area contributed by atoms with Crippen LogP contribution in [0.2, 0.25) is 0 Å². The number of aromatic nitrogens is 2. The van der Waals surface area contributed by atoms with Gasteiger partial charge in [-0.3, -0.25) is 0 Å². The van der Waals surface area contributed by atoms with Gasteiger partial charge in [0.25, 0.3) is 0 Å². The third kappa shape index (κ3) is 3.17. The Morgan fingerprint density at radius 2 is 2.23 bits per heavy atom. The maximum Gasteiger partial charge on any atom is 1.00 e. The maximum atomic E-state index is 11.9. The molecule has 3 heterocycles. The molecule has 10 nitrogen and oxygen atoms in total. The summed E-state index contributed by atoms with van der Waals surface area (Å²) in [6.07, 6.45) is 4.42. The minimum atomic E-state index is -5.03. The van der Waals surface area contributed by atoms with Crippen molar-refractivity contribution in [2.75, 3.05) is 13.1 Å². The summed E-state index contributed by atoms with van der Waals surface area (Å²) in [7, 11) is -5.03. The van der Waals surface area contributed by atoms with Crippen molar-refractivity contribution in [2.45, 2.75) is 6.04 Å². The predicted molar refractivity (Wildman–Crippen MR) is 64.6 cm³/mol. The quantitative estimate of drug-likeness (QED) is 0.314. The second kappa shape index (κ2) is 5.99. The molecule has 3 rings (SSSR count). The molecule has 0 saturated carbocycles. The van der Waals surface area contributed by atoms with Gasteiger partial charge in [-0.25, -0.2) is 17.9 Å². The van der Waals surface area contributed by atoms with Gasteiger partial charge in [0.15, 0.2) is 0 Å². The van der Waals surface area contributed by atoms with Crippen LogP contribution in [0.5, 0.6) is 0 Å². The van der Waals surface area contributed by atoms with E-state index in [1.54, 1.807) is 6.08 Å². The Morgan fingerprint density at radius 3 is 2.82 bits per heavy atom. The average molecular weight is 333 g/mol. The number of hydrogen-bond acceptors (Lipinski definition) is 7. The predicted octanol–water partition coefficient (Wildman–Crippen LogP) is -3.89. The van der Waals surface area contributed by atoms with Crippen LogP contribution in [0.4, 0.5) is 4.79 Å². The summed E-state index contributed by atoms with van der Waals surface area (Å²) in [4.78, 5) is 13.2. The zero-order valence-electron chi connectivity index (χ0n) is 11.4. The molecule has 2 aliphatic heterocycles. The normalized spacial score (nSPS) is 20.5. The van der Waals surface area contributed by atoms with Gasteiger partial charge in [0.1, 0.15) is 12.1 Å². The maximum absolute atomic E-state index is 11.9. The number of urea groups is 1. The number of hydroxylamine groups is 2. The molecule has 110 valence electrons. The third-order valence-electron chi connectivity index (χ3n) is 3.08. The van der Waals surface area contributed by atoms with Crippen molar-refractivity contribution in [1.29, 1.82) is 5.26 Å². The van der Waals surface area contributed by atoms with Crippen LogP contribution >= 0.6 is 0 Å². The number of fused-ring (bicyclic) bond motifs is 2. The fourth-order valence-corrected chi connectivity index (χ4v) is 2.63. The number of amides is 2. The molecule has 12 heteroatoms. The Hall–Kier alpha value is -1.42. The van der Waals surface area contributed by atoms with E-state index < -0.39 is 22.5 Å². The van der Waals surface area contributed by atoms with Crippen molar-refractivity contribution in [3.63, 3.8) is 0 Å². The minimum absolute atomic E-state index is 0. The first-order valence-electron chi connectivity index (χ1n) is 5.77. The van der Waals surface area contributed by atoms with Gasteiger partial charge >= 0.3 is 35.6 Å². The Morgan fingerprint density at radius 1 is 1.50 bits per heavy atom. The largest absolute Gasteiger partial charge is 1.00 e. The molecule has 1 fully saturated rings. The summed E-state index contributed by atoms with van der Waals surface area (Å²) in [6, 6.07) is 0.508. The van der Waals surface area contributed by atoms with E-state index in [-0.39, 0.29) is 42.6 Å². The van der Waals surface area contributed by atoms with Crippen molar-refractivity contribution in [2.24, 2.45) is 0 Å². The van der Waals surface area contributed by atoms with Crippen LogP contribution in [0, 0.1) is 11.3 Å². The second-order valence-electron chi connectivity index (χ2n) is 4.48. The topological polar surface area (TPSA) is 132 Å². The fraction of sp³-hybridized carbons (Fsp3) is 0.300. The first kappa shape index (κ1) is 16.9. The molecule has 0 aliphatic carbocycles. The molecular weight excluding hydrogens is 325 g/mol. The molecule has 22 heavy (non-hydrogen) atoms. The van der Waals surface area contributed by atoms with Gasteiger partial charge < -0.3 is 9.45 Å². The summed E-state index contributed by atoms with van der Waals surface area (Å²) in [5.74, 6) is 0. The van der Waals surface area contributed by atoms with Crippen LogP contribution in [0.3, 0.4) is 0 Å². The molecule has 1 atom stereocenters. The van der Waals surface area contributed by atoms with Crippen LogP contribution < -0.4 is 29.6 Å². The molecule has 1 aromatic heterocycles. The molecule has 0 radical (unpaired) electrons. The SMILES string of the molecule is N#Cc1cnn(C2=CC3CN(C2)C(=O)N3OS(=O)(=O)[O-])c1.[Na+]. The molecular formula is C10H8N5NaO5S. The van der Waals surface area contributed by atoms with Crippen molar-refractivity contribution in [3.8, 4) is 6.07 Å². The summed E-state index contributed by atoms with van der Waals surface area (Å²) in [6.45, 7) is 0.380.